The summed E-state index contributed by atoms with van der Waals surface area (Å²) in [5.74, 6) is 0.550. The molecule has 0 spiro atoms. The summed E-state index contributed by atoms with van der Waals surface area (Å²) in [6, 6.07) is 11.2. The van der Waals surface area contributed by atoms with Gasteiger partial charge in [-0.05, 0) is 23.8 Å². The van der Waals surface area contributed by atoms with Gasteiger partial charge in [-0.2, -0.15) is 0 Å². The number of nitrogens with zero attached hydrogens (tertiary/aromatic N) is 2. The van der Waals surface area contributed by atoms with E-state index in [1.807, 2.05) is 48.1 Å². The number of pyridine rings is 1. The van der Waals surface area contributed by atoms with Crippen LogP contribution < -0.4 is 15.4 Å². The third-order valence-electron chi connectivity index (χ3n) is 3.64. The zero-order chi connectivity index (χ0) is 16.2. The van der Waals surface area contributed by atoms with Crippen LogP contribution in [0.3, 0.4) is 0 Å². The van der Waals surface area contributed by atoms with E-state index in [0.717, 1.165) is 22.2 Å². The number of methoxy groups -OCH3 is 1. The van der Waals surface area contributed by atoms with Crippen LogP contribution in [0, 0.1) is 0 Å². The molecule has 6 nitrogen and oxygen atoms in total. The van der Waals surface area contributed by atoms with Gasteiger partial charge in [-0.1, -0.05) is 12.1 Å². The number of aromatic nitrogens is 2. The van der Waals surface area contributed by atoms with Gasteiger partial charge in [0, 0.05) is 43.0 Å². The smallest absolute Gasteiger partial charge is 0.319 e. The van der Waals surface area contributed by atoms with Crippen LogP contribution in [0.15, 0.2) is 48.8 Å². The summed E-state index contributed by atoms with van der Waals surface area (Å²) in [5, 5.41) is 6.71. The molecule has 3 rings (SSSR count). The number of carbonyl (C=O) groups excluding carboxylic acids is 1. The first-order valence-corrected chi connectivity index (χ1v) is 7.25. The first-order valence-electron chi connectivity index (χ1n) is 7.25. The van der Waals surface area contributed by atoms with Crippen LogP contribution in [0.4, 0.5) is 10.5 Å². The lowest BCUT2D eigenvalue weighted by Crippen LogP contribution is -2.28. The van der Waals surface area contributed by atoms with Crippen LogP contribution in [0.25, 0.3) is 10.9 Å². The Kier molecular flexibility index (Phi) is 4.14. The molecule has 2 amide bonds. The SMILES string of the molecule is COc1ccc(CNC(=O)Nc2cccc3c2ccn3C)cn1. The third-order valence-corrected chi connectivity index (χ3v) is 3.64. The fourth-order valence-electron chi connectivity index (χ4n) is 2.40. The molecule has 0 aliphatic carbocycles. The summed E-state index contributed by atoms with van der Waals surface area (Å²) in [7, 11) is 3.54. The van der Waals surface area contributed by atoms with E-state index in [0.29, 0.717) is 12.4 Å². The van der Waals surface area contributed by atoms with Gasteiger partial charge in [-0.15, -0.1) is 0 Å². The number of aryl methyl sites for hydroxylation is 1. The molecule has 0 bridgehead atoms. The number of benzene rings is 1. The maximum atomic E-state index is 12.1. The second kappa shape index (κ2) is 6.39. The highest BCUT2D eigenvalue weighted by Crippen LogP contribution is 2.23. The van der Waals surface area contributed by atoms with E-state index < -0.39 is 0 Å². The summed E-state index contributed by atoms with van der Waals surface area (Å²) in [4.78, 5) is 16.2. The second-order valence-corrected chi connectivity index (χ2v) is 5.18. The lowest BCUT2D eigenvalue weighted by molar-refractivity contribution is 0.252. The minimum atomic E-state index is -0.253. The van der Waals surface area contributed by atoms with Crippen molar-refractivity contribution >= 4 is 22.6 Å². The Morgan fingerprint density at radius 2 is 2.13 bits per heavy atom. The second-order valence-electron chi connectivity index (χ2n) is 5.18. The molecule has 0 aliphatic heterocycles. The van der Waals surface area contributed by atoms with Crippen molar-refractivity contribution in [1.29, 1.82) is 0 Å². The van der Waals surface area contributed by atoms with Crippen LogP contribution in [-0.2, 0) is 13.6 Å². The van der Waals surface area contributed by atoms with Gasteiger partial charge in [0.2, 0.25) is 5.88 Å². The van der Waals surface area contributed by atoms with Crippen molar-refractivity contribution in [2.24, 2.45) is 7.05 Å². The molecule has 23 heavy (non-hydrogen) atoms. The fraction of sp³-hybridized carbons (Fsp3) is 0.176. The van der Waals surface area contributed by atoms with Gasteiger partial charge in [0.1, 0.15) is 0 Å². The Bertz CT molecular complexity index is 824. The van der Waals surface area contributed by atoms with E-state index in [2.05, 4.69) is 15.6 Å². The molecular formula is C17H18N4O2. The highest BCUT2D eigenvalue weighted by Gasteiger charge is 2.07. The van der Waals surface area contributed by atoms with Gasteiger partial charge in [0.05, 0.1) is 12.8 Å². The van der Waals surface area contributed by atoms with Crippen LogP contribution in [0.2, 0.25) is 0 Å². The molecule has 0 saturated carbocycles. The van der Waals surface area contributed by atoms with Gasteiger partial charge in [-0.25, -0.2) is 9.78 Å². The first kappa shape index (κ1) is 14.9. The van der Waals surface area contributed by atoms with Crippen LogP contribution in [-0.4, -0.2) is 22.7 Å². The average molecular weight is 310 g/mol. The van der Waals surface area contributed by atoms with Gasteiger partial charge >= 0.3 is 6.03 Å². The molecule has 1 aromatic carbocycles. The van der Waals surface area contributed by atoms with Gasteiger partial charge in [0.15, 0.2) is 0 Å². The van der Waals surface area contributed by atoms with E-state index >= 15 is 0 Å². The summed E-state index contributed by atoms with van der Waals surface area (Å²) in [6.45, 7) is 0.396. The van der Waals surface area contributed by atoms with E-state index in [1.165, 1.54) is 0 Å². The maximum Gasteiger partial charge on any atom is 0.319 e. The maximum absolute atomic E-state index is 12.1. The summed E-state index contributed by atoms with van der Waals surface area (Å²) in [5.41, 5.74) is 2.76. The van der Waals surface area contributed by atoms with Crippen LogP contribution >= 0.6 is 0 Å². The zero-order valence-electron chi connectivity index (χ0n) is 13.0. The predicted octanol–water partition coefficient (Wildman–Crippen LogP) is 2.90. The minimum absolute atomic E-state index is 0.253. The largest absolute Gasteiger partial charge is 0.481 e. The molecule has 2 aromatic heterocycles. The molecule has 6 heteroatoms. The number of amides is 2. The van der Waals surface area contributed by atoms with Crippen molar-refractivity contribution in [3.8, 4) is 5.88 Å². The molecule has 0 unspecified atom stereocenters. The summed E-state index contributed by atoms with van der Waals surface area (Å²) >= 11 is 0. The number of hydrogen-bond donors (Lipinski definition) is 2. The Labute approximate surface area is 134 Å². The Morgan fingerprint density at radius 3 is 2.87 bits per heavy atom. The van der Waals surface area contributed by atoms with Gasteiger partial charge in [0.25, 0.3) is 0 Å². The van der Waals surface area contributed by atoms with Crippen molar-refractivity contribution in [2.75, 3.05) is 12.4 Å². The summed E-state index contributed by atoms with van der Waals surface area (Å²) in [6.07, 6.45) is 3.65. The van der Waals surface area contributed by atoms with Crippen molar-refractivity contribution in [1.82, 2.24) is 14.9 Å². The normalized spacial score (nSPS) is 10.5. The highest BCUT2D eigenvalue weighted by atomic mass is 16.5. The number of rotatable bonds is 4. The Hall–Kier alpha value is -3.02. The van der Waals surface area contributed by atoms with Crippen molar-refractivity contribution in [3.63, 3.8) is 0 Å². The molecule has 0 radical (unpaired) electrons. The summed E-state index contributed by atoms with van der Waals surface area (Å²) < 4.78 is 7.02. The Balaban J connectivity index is 1.64. The lowest BCUT2D eigenvalue weighted by Gasteiger charge is -2.09. The minimum Gasteiger partial charge on any atom is -0.481 e. The number of urea groups is 1. The highest BCUT2D eigenvalue weighted by molar-refractivity contribution is 6.00. The predicted molar refractivity (Wildman–Crippen MR) is 89.6 cm³/mol. The lowest BCUT2D eigenvalue weighted by atomic mass is 10.2. The molecule has 0 atom stereocenters. The van der Waals surface area contributed by atoms with E-state index in [1.54, 1.807) is 19.4 Å². The Morgan fingerprint density at radius 1 is 1.26 bits per heavy atom. The van der Waals surface area contributed by atoms with Crippen molar-refractivity contribution in [2.45, 2.75) is 6.54 Å². The van der Waals surface area contributed by atoms with E-state index in [-0.39, 0.29) is 6.03 Å². The molecule has 2 N–H and O–H groups in total. The molecule has 0 saturated heterocycles. The number of fused-ring (bicyclic) bond motifs is 1. The quantitative estimate of drug-likeness (QED) is 0.778. The molecule has 0 aliphatic rings. The molecule has 2 heterocycles. The third kappa shape index (κ3) is 3.26. The molecule has 0 fully saturated rings. The first-order chi connectivity index (χ1) is 11.2. The average Bonchev–Trinajstić information content (AvgIpc) is 2.96. The number of hydrogen-bond acceptors (Lipinski definition) is 3. The van der Waals surface area contributed by atoms with Crippen molar-refractivity contribution < 1.29 is 9.53 Å². The monoisotopic (exact) mass is 310 g/mol. The van der Waals surface area contributed by atoms with Gasteiger partial charge in [-0.3, -0.25) is 0 Å². The standard InChI is InChI=1S/C17H18N4O2/c1-21-9-8-13-14(4-3-5-15(13)21)20-17(22)19-11-12-6-7-16(23-2)18-10-12/h3-10H,11H2,1-2H3,(H2,19,20,22). The van der Waals surface area contributed by atoms with Crippen molar-refractivity contribution in [3.05, 3.63) is 54.4 Å². The van der Waals surface area contributed by atoms with E-state index in [4.69, 9.17) is 4.74 Å². The number of anilines is 1. The number of ether oxygens (including phenoxy) is 1. The van der Waals surface area contributed by atoms with Crippen LogP contribution in [0.1, 0.15) is 5.56 Å². The fourth-order valence-corrected chi connectivity index (χ4v) is 2.40. The molecular weight excluding hydrogens is 292 g/mol. The molecule has 3 aromatic rings. The number of carbonyl (C=O) groups is 1. The molecule has 118 valence electrons. The topological polar surface area (TPSA) is 68.2 Å². The number of nitrogens with one attached hydrogen (secondary N) is 2. The van der Waals surface area contributed by atoms with E-state index in [9.17, 15) is 4.79 Å². The van der Waals surface area contributed by atoms with Crippen LogP contribution in [0.5, 0.6) is 5.88 Å². The zero-order valence-corrected chi connectivity index (χ0v) is 13.0. The van der Waals surface area contributed by atoms with Gasteiger partial charge < -0.3 is 19.9 Å².